The number of nitrogens with one attached hydrogen (secondary N) is 1. The molecule has 0 aromatic rings. The molecular formula is C13H28N2. The number of hydrogen-bond donors (Lipinski definition) is 1. The van der Waals surface area contributed by atoms with Gasteiger partial charge in [0.05, 0.1) is 0 Å². The summed E-state index contributed by atoms with van der Waals surface area (Å²) in [6, 6.07) is 1.64. The number of nitrogens with zero attached hydrogens (tertiary/aromatic N) is 1. The van der Waals surface area contributed by atoms with Gasteiger partial charge < -0.3 is 10.2 Å². The molecule has 2 unspecified atom stereocenters. The zero-order valence-corrected chi connectivity index (χ0v) is 10.8. The standard InChI is InChI=1S/C13H28N2/c1-4-9-15(10-5-2)13-8-7-12(11-13)14-6-3/h12-14H,4-11H2,1-3H3. The predicted molar refractivity (Wildman–Crippen MR) is 67.3 cm³/mol. The summed E-state index contributed by atoms with van der Waals surface area (Å²) in [7, 11) is 0. The average Bonchev–Trinajstić information content (AvgIpc) is 2.67. The van der Waals surface area contributed by atoms with Crippen LogP contribution in [-0.2, 0) is 0 Å². The van der Waals surface area contributed by atoms with E-state index in [0.29, 0.717) is 0 Å². The van der Waals surface area contributed by atoms with E-state index < -0.39 is 0 Å². The molecule has 0 radical (unpaired) electrons. The lowest BCUT2D eigenvalue weighted by atomic mass is 10.2. The van der Waals surface area contributed by atoms with E-state index in [1.165, 1.54) is 45.2 Å². The van der Waals surface area contributed by atoms with Crippen molar-refractivity contribution in [1.29, 1.82) is 0 Å². The van der Waals surface area contributed by atoms with Gasteiger partial charge in [-0.2, -0.15) is 0 Å². The predicted octanol–water partition coefficient (Wildman–Crippen LogP) is 2.64. The van der Waals surface area contributed by atoms with Crippen LogP contribution in [0.2, 0.25) is 0 Å². The van der Waals surface area contributed by atoms with Crippen LogP contribution in [0.5, 0.6) is 0 Å². The Bertz CT molecular complexity index is 153. The molecule has 1 aliphatic carbocycles. The van der Waals surface area contributed by atoms with Crippen molar-refractivity contribution in [3.05, 3.63) is 0 Å². The summed E-state index contributed by atoms with van der Waals surface area (Å²) in [5.74, 6) is 0. The topological polar surface area (TPSA) is 15.3 Å². The molecule has 0 aromatic carbocycles. The molecular weight excluding hydrogens is 184 g/mol. The van der Waals surface area contributed by atoms with E-state index in [2.05, 4.69) is 31.0 Å². The SMILES string of the molecule is CCCN(CCC)C1CCC(NCC)C1. The Morgan fingerprint density at radius 3 is 2.27 bits per heavy atom. The van der Waals surface area contributed by atoms with Gasteiger partial charge in [-0.05, 0) is 51.7 Å². The summed E-state index contributed by atoms with van der Waals surface area (Å²) >= 11 is 0. The van der Waals surface area contributed by atoms with Gasteiger partial charge in [0.2, 0.25) is 0 Å². The van der Waals surface area contributed by atoms with Crippen LogP contribution in [0.25, 0.3) is 0 Å². The highest BCUT2D eigenvalue weighted by atomic mass is 15.2. The molecule has 0 heterocycles. The molecule has 1 rings (SSSR count). The van der Waals surface area contributed by atoms with E-state index >= 15 is 0 Å². The normalized spacial score (nSPS) is 26.4. The molecule has 0 aliphatic heterocycles. The van der Waals surface area contributed by atoms with Crippen molar-refractivity contribution in [3.8, 4) is 0 Å². The lowest BCUT2D eigenvalue weighted by Crippen LogP contribution is -2.36. The molecule has 1 fully saturated rings. The minimum atomic E-state index is 0.788. The average molecular weight is 212 g/mol. The number of rotatable bonds is 7. The van der Waals surface area contributed by atoms with Gasteiger partial charge in [-0.1, -0.05) is 20.8 Å². The van der Waals surface area contributed by atoms with E-state index in [1.54, 1.807) is 0 Å². The van der Waals surface area contributed by atoms with Crippen LogP contribution in [0.1, 0.15) is 52.9 Å². The highest BCUT2D eigenvalue weighted by Crippen LogP contribution is 2.24. The third kappa shape index (κ3) is 4.12. The molecule has 15 heavy (non-hydrogen) atoms. The molecule has 2 heteroatoms. The van der Waals surface area contributed by atoms with E-state index in [9.17, 15) is 0 Å². The number of hydrogen-bond acceptors (Lipinski definition) is 2. The van der Waals surface area contributed by atoms with E-state index in [-0.39, 0.29) is 0 Å². The minimum absolute atomic E-state index is 0.788. The Balaban J connectivity index is 2.34. The Kier molecular flexibility index (Phi) is 6.26. The van der Waals surface area contributed by atoms with Gasteiger partial charge in [0.15, 0.2) is 0 Å². The van der Waals surface area contributed by atoms with Gasteiger partial charge in [0.25, 0.3) is 0 Å². The van der Waals surface area contributed by atoms with Gasteiger partial charge in [0, 0.05) is 12.1 Å². The minimum Gasteiger partial charge on any atom is -0.314 e. The Morgan fingerprint density at radius 1 is 1.07 bits per heavy atom. The van der Waals surface area contributed by atoms with E-state index in [4.69, 9.17) is 0 Å². The van der Waals surface area contributed by atoms with Crippen molar-refractivity contribution in [3.63, 3.8) is 0 Å². The van der Waals surface area contributed by atoms with Crippen LogP contribution in [-0.4, -0.2) is 36.6 Å². The fraction of sp³-hybridized carbons (Fsp3) is 1.00. The third-order valence-corrected chi connectivity index (χ3v) is 3.44. The molecule has 2 nitrogen and oxygen atoms in total. The maximum atomic E-state index is 3.59. The quantitative estimate of drug-likeness (QED) is 0.698. The molecule has 1 saturated carbocycles. The molecule has 0 bridgehead atoms. The molecule has 2 atom stereocenters. The second-order valence-electron chi connectivity index (χ2n) is 4.76. The maximum Gasteiger partial charge on any atom is 0.0111 e. The maximum absolute atomic E-state index is 3.59. The smallest absolute Gasteiger partial charge is 0.0111 e. The van der Waals surface area contributed by atoms with Crippen molar-refractivity contribution in [1.82, 2.24) is 10.2 Å². The summed E-state index contributed by atoms with van der Waals surface area (Å²) in [4.78, 5) is 2.71. The Hall–Kier alpha value is -0.0800. The lowest BCUT2D eigenvalue weighted by molar-refractivity contribution is 0.196. The van der Waals surface area contributed by atoms with Crippen molar-refractivity contribution >= 4 is 0 Å². The van der Waals surface area contributed by atoms with Crippen molar-refractivity contribution < 1.29 is 0 Å². The summed E-state index contributed by atoms with van der Waals surface area (Å²) in [6.45, 7) is 10.5. The molecule has 0 amide bonds. The van der Waals surface area contributed by atoms with Gasteiger partial charge >= 0.3 is 0 Å². The molecule has 1 aliphatic rings. The van der Waals surface area contributed by atoms with Crippen molar-refractivity contribution in [2.75, 3.05) is 19.6 Å². The van der Waals surface area contributed by atoms with Gasteiger partial charge in [-0.15, -0.1) is 0 Å². The second-order valence-corrected chi connectivity index (χ2v) is 4.76. The van der Waals surface area contributed by atoms with Crippen molar-refractivity contribution in [2.45, 2.75) is 65.0 Å². The fourth-order valence-electron chi connectivity index (χ4n) is 2.81. The first-order valence-electron chi connectivity index (χ1n) is 6.79. The first-order valence-corrected chi connectivity index (χ1v) is 6.79. The second kappa shape index (κ2) is 7.24. The van der Waals surface area contributed by atoms with Crippen LogP contribution < -0.4 is 5.32 Å². The summed E-state index contributed by atoms with van der Waals surface area (Å²) in [5, 5.41) is 3.59. The van der Waals surface area contributed by atoms with Crippen LogP contribution in [0, 0.1) is 0 Å². The van der Waals surface area contributed by atoms with Gasteiger partial charge in [-0.25, -0.2) is 0 Å². The van der Waals surface area contributed by atoms with Crippen LogP contribution in [0.3, 0.4) is 0 Å². The molecule has 0 aromatic heterocycles. The van der Waals surface area contributed by atoms with E-state index in [0.717, 1.165) is 18.6 Å². The fourth-order valence-corrected chi connectivity index (χ4v) is 2.81. The zero-order valence-electron chi connectivity index (χ0n) is 10.8. The Morgan fingerprint density at radius 2 is 1.73 bits per heavy atom. The summed E-state index contributed by atoms with van der Waals surface area (Å²) in [5.41, 5.74) is 0. The highest BCUT2D eigenvalue weighted by molar-refractivity contribution is 4.86. The van der Waals surface area contributed by atoms with Gasteiger partial charge in [-0.3, -0.25) is 0 Å². The van der Waals surface area contributed by atoms with Gasteiger partial charge in [0.1, 0.15) is 0 Å². The van der Waals surface area contributed by atoms with E-state index in [1.807, 2.05) is 0 Å². The van der Waals surface area contributed by atoms with Crippen LogP contribution >= 0.6 is 0 Å². The highest BCUT2D eigenvalue weighted by Gasteiger charge is 2.27. The lowest BCUT2D eigenvalue weighted by Gasteiger charge is -2.28. The molecule has 0 saturated heterocycles. The Labute approximate surface area is 95.4 Å². The first-order chi connectivity index (χ1) is 7.31. The summed E-state index contributed by atoms with van der Waals surface area (Å²) in [6.07, 6.45) is 6.73. The molecule has 1 N–H and O–H groups in total. The third-order valence-electron chi connectivity index (χ3n) is 3.44. The van der Waals surface area contributed by atoms with Crippen LogP contribution in [0.4, 0.5) is 0 Å². The first kappa shape index (κ1) is 13.0. The van der Waals surface area contributed by atoms with Crippen molar-refractivity contribution in [2.24, 2.45) is 0 Å². The molecule has 90 valence electrons. The largest absolute Gasteiger partial charge is 0.314 e. The zero-order chi connectivity index (χ0) is 11.1. The molecule has 0 spiro atoms. The monoisotopic (exact) mass is 212 g/mol. The summed E-state index contributed by atoms with van der Waals surface area (Å²) < 4.78 is 0. The van der Waals surface area contributed by atoms with Crippen LogP contribution in [0.15, 0.2) is 0 Å².